The average molecular weight is 217 g/mol. The molecule has 4 nitrogen and oxygen atoms in total. The van der Waals surface area contributed by atoms with Crippen LogP contribution in [0.4, 0.5) is 0 Å². The highest BCUT2D eigenvalue weighted by molar-refractivity contribution is 5.57. The van der Waals surface area contributed by atoms with Gasteiger partial charge in [0.15, 0.2) is 5.82 Å². The van der Waals surface area contributed by atoms with Gasteiger partial charge in [-0.25, -0.2) is 0 Å². The van der Waals surface area contributed by atoms with Gasteiger partial charge >= 0.3 is 0 Å². The Bertz CT molecular complexity index is 465. The number of ether oxygens (including phenoxy) is 1. The van der Waals surface area contributed by atoms with E-state index in [1.807, 2.05) is 35.9 Å². The minimum absolute atomic E-state index is 0.738. The minimum atomic E-state index is 0.738. The highest BCUT2D eigenvalue weighted by atomic mass is 16.5. The van der Waals surface area contributed by atoms with Crippen LogP contribution in [0.2, 0.25) is 0 Å². The summed E-state index contributed by atoms with van der Waals surface area (Å²) in [5.74, 6) is 1.73. The van der Waals surface area contributed by atoms with Gasteiger partial charge < -0.3 is 9.30 Å². The molecular weight excluding hydrogens is 202 g/mol. The molecule has 0 aliphatic carbocycles. The molecule has 0 saturated carbocycles. The lowest BCUT2D eigenvalue weighted by atomic mass is 10.2. The highest BCUT2D eigenvalue weighted by Crippen LogP contribution is 2.21. The van der Waals surface area contributed by atoms with Crippen molar-refractivity contribution in [2.45, 2.75) is 13.3 Å². The summed E-state index contributed by atoms with van der Waals surface area (Å²) in [6.45, 7) is 2.83. The summed E-state index contributed by atoms with van der Waals surface area (Å²) in [6.07, 6.45) is 2.70. The smallest absolute Gasteiger partial charge is 0.163 e. The van der Waals surface area contributed by atoms with Gasteiger partial charge in [0, 0.05) is 12.6 Å². The zero-order valence-electron chi connectivity index (χ0n) is 9.55. The van der Waals surface area contributed by atoms with E-state index < -0.39 is 0 Å². The molecule has 2 rings (SSSR count). The van der Waals surface area contributed by atoms with Crippen LogP contribution < -0.4 is 4.74 Å². The second-order valence-electron chi connectivity index (χ2n) is 3.64. The molecule has 1 aromatic carbocycles. The highest BCUT2D eigenvalue weighted by Gasteiger charge is 2.05. The van der Waals surface area contributed by atoms with Crippen molar-refractivity contribution in [3.05, 3.63) is 30.6 Å². The molecule has 2 aromatic rings. The van der Waals surface area contributed by atoms with Crippen LogP contribution in [-0.2, 0) is 7.05 Å². The zero-order chi connectivity index (χ0) is 11.4. The van der Waals surface area contributed by atoms with E-state index in [1.54, 1.807) is 6.33 Å². The first-order valence-electron chi connectivity index (χ1n) is 5.38. The summed E-state index contributed by atoms with van der Waals surface area (Å²) in [5, 5.41) is 7.93. The predicted octanol–water partition coefficient (Wildman–Crippen LogP) is 2.27. The Morgan fingerprint density at radius 2 is 2.25 bits per heavy atom. The second kappa shape index (κ2) is 4.79. The van der Waals surface area contributed by atoms with Gasteiger partial charge in [0.2, 0.25) is 0 Å². The summed E-state index contributed by atoms with van der Waals surface area (Å²) < 4.78 is 7.46. The van der Waals surface area contributed by atoms with E-state index in [2.05, 4.69) is 17.1 Å². The summed E-state index contributed by atoms with van der Waals surface area (Å²) in [5.41, 5.74) is 1.02. The van der Waals surface area contributed by atoms with Crippen molar-refractivity contribution in [2.75, 3.05) is 6.61 Å². The first-order chi connectivity index (χ1) is 7.81. The molecule has 0 atom stereocenters. The van der Waals surface area contributed by atoms with Crippen molar-refractivity contribution >= 4 is 0 Å². The van der Waals surface area contributed by atoms with Gasteiger partial charge in [-0.3, -0.25) is 0 Å². The van der Waals surface area contributed by atoms with Crippen LogP contribution in [0.25, 0.3) is 11.4 Å². The second-order valence-corrected chi connectivity index (χ2v) is 3.64. The molecule has 0 amide bonds. The van der Waals surface area contributed by atoms with Crippen LogP contribution in [-0.4, -0.2) is 21.4 Å². The number of nitrogens with zero attached hydrogens (tertiary/aromatic N) is 3. The van der Waals surface area contributed by atoms with Gasteiger partial charge in [-0.15, -0.1) is 10.2 Å². The van der Waals surface area contributed by atoms with E-state index in [0.717, 1.165) is 30.2 Å². The SMILES string of the molecule is CCCOc1cccc(-c2nncn2C)c1. The maximum absolute atomic E-state index is 5.58. The molecule has 1 heterocycles. The fraction of sp³-hybridized carbons (Fsp3) is 0.333. The Morgan fingerprint density at radius 1 is 1.38 bits per heavy atom. The minimum Gasteiger partial charge on any atom is -0.494 e. The molecule has 16 heavy (non-hydrogen) atoms. The Kier molecular flexibility index (Phi) is 3.19. The molecule has 0 saturated heterocycles. The van der Waals surface area contributed by atoms with E-state index in [1.165, 1.54) is 0 Å². The summed E-state index contributed by atoms with van der Waals surface area (Å²) in [4.78, 5) is 0. The topological polar surface area (TPSA) is 39.9 Å². The van der Waals surface area contributed by atoms with E-state index in [0.29, 0.717) is 0 Å². The number of hydrogen-bond acceptors (Lipinski definition) is 3. The summed E-state index contributed by atoms with van der Waals surface area (Å²) in [6, 6.07) is 7.91. The van der Waals surface area contributed by atoms with Crippen molar-refractivity contribution in [1.82, 2.24) is 14.8 Å². The number of hydrogen-bond donors (Lipinski definition) is 0. The predicted molar refractivity (Wildman–Crippen MR) is 62.2 cm³/mol. The molecule has 0 unspecified atom stereocenters. The molecule has 0 aliphatic rings. The molecule has 84 valence electrons. The fourth-order valence-electron chi connectivity index (χ4n) is 1.49. The lowest BCUT2D eigenvalue weighted by Gasteiger charge is -2.06. The number of aromatic nitrogens is 3. The third-order valence-corrected chi connectivity index (χ3v) is 2.28. The molecule has 0 radical (unpaired) electrons. The van der Waals surface area contributed by atoms with E-state index in [9.17, 15) is 0 Å². The zero-order valence-corrected chi connectivity index (χ0v) is 9.55. The maximum atomic E-state index is 5.58. The lowest BCUT2D eigenvalue weighted by Crippen LogP contribution is -1.96. The number of rotatable bonds is 4. The van der Waals surface area contributed by atoms with Crippen molar-refractivity contribution in [3.8, 4) is 17.1 Å². The van der Waals surface area contributed by atoms with E-state index >= 15 is 0 Å². The third kappa shape index (κ3) is 2.21. The number of aryl methyl sites for hydroxylation is 1. The van der Waals surface area contributed by atoms with Crippen molar-refractivity contribution in [3.63, 3.8) is 0 Å². The standard InChI is InChI=1S/C12H15N3O/c1-3-7-16-11-6-4-5-10(8-11)12-14-13-9-15(12)2/h4-6,8-9H,3,7H2,1-2H3. The van der Waals surface area contributed by atoms with Gasteiger partial charge in [-0.05, 0) is 18.6 Å². The molecule has 4 heteroatoms. The first-order valence-corrected chi connectivity index (χ1v) is 5.38. The van der Waals surface area contributed by atoms with Gasteiger partial charge in [-0.2, -0.15) is 0 Å². The van der Waals surface area contributed by atoms with Gasteiger partial charge in [0.05, 0.1) is 6.61 Å². The summed E-state index contributed by atoms with van der Waals surface area (Å²) >= 11 is 0. The van der Waals surface area contributed by atoms with E-state index in [-0.39, 0.29) is 0 Å². The average Bonchev–Trinajstić information content (AvgIpc) is 2.73. The first kappa shape index (κ1) is 10.7. The van der Waals surface area contributed by atoms with Crippen LogP contribution in [0.1, 0.15) is 13.3 Å². The van der Waals surface area contributed by atoms with Gasteiger partial charge in [-0.1, -0.05) is 19.1 Å². The van der Waals surface area contributed by atoms with Crippen molar-refractivity contribution < 1.29 is 4.74 Å². The molecule has 0 N–H and O–H groups in total. The normalized spacial score (nSPS) is 10.4. The third-order valence-electron chi connectivity index (χ3n) is 2.28. The lowest BCUT2D eigenvalue weighted by molar-refractivity contribution is 0.317. The molecule has 1 aromatic heterocycles. The fourth-order valence-corrected chi connectivity index (χ4v) is 1.49. The Balaban J connectivity index is 2.26. The van der Waals surface area contributed by atoms with Gasteiger partial charge in [0.25, 0.3) is 0 Å². The molecule has 0 fully saturated rings. The Labute approximate surface area is 94.9 Å². The quantitative estimate of drug-likeness (QED) is 0.788. The van der Waals surface area contributed by atoms with Crippen LogP contribution in [0.5, 0.6) is 5.75 Å². The monoisotopic (exact) mass is 217 g/mol. The van der Waals surface area contributed by atoms with Crippen molar-refractivity contribution in [2.24, 2.45) is 7.05 Å². The summed E-state index contributed by atoms with van der Waals surface area (Å²) in [7, 11) is 1.93. The Morgan fingerprint density at radius 3 is 2.94 bits per heavy atom. The van der Waals surface area contributed by atoms with E-state index in [4.69, 9.17) is 4.74 Å². The Hall–Kier alpha value is -1.84. The van der Waals surface area contributed by atoms with Crippen LogP contribution in [0.15, 0.2) is 30.6 Å². The molecule has 0 bridgehead atoms. The number of benzene rings is 1. The largest absolute Gasteiger partial charge is 0.494 e. The molecule has 0 aliphatic heterocycles. The molecular formula is C12H15N3O. The van der Waals surface area contributed by atoms with Crippen LogP contribution >= 0.6 is 0 Å². The van der Waals surface area contributed by atoms with Crippen molar-refractivity contribution in [1.29, 1.82) is 0 Å². The molecule has 0 spiro atoms. The van der Waals surface area contributed by atoms with Gasteiger partial charge in [0.1, 0.15) is 12.1 Å². The maximum Gasteiger partial charge on any atom is 0.163 e. The van der Waals surface area contributed by atoms with Crippen LogP contribution in [0.3, 0.4) is 0 Å². The van der Waals surface area contributed by atoms with Crippen LogP contribution in [0, 0.1) is 0 Å².